The summed E-state index contributed by atoms with van der Waals surface area (Å²) in [5, 5.41) is -0.669. The van der Waals surface area contributed by atoms with Crippen LogP contribution < -0.4 is 5.73 Å². The van der Waals surface area contributed by atoms with Crippen LogP contribution in [0.2, 0.25) is 0 Å². The second-order valence-corrected chi connectivity index (χ2v) is 6.84. The van der Waals surface area contributed by atoms with E-state index in [0.717, 1.165) is 0 Å². The van der Waals surface area contributed by atoms with E-state index in [9.17, 15) is 12.8 Å². The SMILES string of the molecule is CCS(=O)(=O)C(C)C(N)c1ccc(F)c(C)c1. The molecule has 1 aromatic rings. The number of aryl methyl sites for hydroxylation is 1. The van der Waals surface area contributed by atoms with Gasteiger partial charge in [-0.05, 0) is 31.0 Å². The van der Waals surface area contributed by atoms with E-state index in [1.165, 1.54) is 12.1 Å². The van der Waals surface area contributed by atoms with Gasteiger partial charge in [0.2, 0.25) is 0 Å². The zero-order chi connectivity index (χ0) is 13.2. The van der Waals surface area contributed by atoms with Crippen LogP contribution in [-0.2, 0) is 9.84 Å². The van der Waals surface area contributed by atoms with Crippen molar-refractivity contribution in [1.82, 2.24) is 0 Å². The van der Waals surface area contributed by atoms with Gasteiger partial charge in [0.15, 0.2) is 9.84 Å². The molecule has 0 fully saturated rings. The third-order valence-corrected chi connectivity index (χ3v) is 5.27. The molecule has 3 nitrogen and oxygen atoms in total. The summed E-state index contributed by atoms with van der Waals surface area (Å²) in [4.78, 5) is 0. The van der Waals surface area contributed by atoms with Crippen LogP contribution in [0.3, 0.4) is 0 Å². The number of sulfone groups is 1. The van der Waals surface area contributed by atoms with Gasteiger partial charge in [-0.2, -0.15) is 0 Å². The van der Waals surface area contributed by atoms with Crippen LogP contribution in [0.4, 0.5) is 4.39 Å². The second kappa shape index (κ2) is 5.14. The van der Waals surface area contributed by atoms with Crippen molar-refractivity contribution in [3.05, 3.63) is 35.1 Å². The maximum atomic E-state index is 13.1. The summed E-state index contributed by atoms with van der Waals surface area (Å²) in [7, 11) is -3.19. The first-order valence-electron chi connectivity index (χ1n) is 5.52. The van der Waals surface area contributed by atoms with Crippen molar-refractivity contribution in [1.29, 1.82) is 0 Å². The van der Waals surface area contributed by atoms with E-state index in [1.807, 2.05) is 0 Å². The molecule has 0 saturated heterocycles. The summed E-state index contributed by atoms with van der Waals surface area (Å²) < 4.78 is 36.5. The molecule has 2 N–H and O–H groups in total. The zero-order valence-electron chi connectivity index (χ0n) is 10.3. The Balaban J connectivity index is 3.04. The Morgan fingerprint density at radius 2 is 2.00 bits per heavy atom. The Hall–Kier alpha value is -0.940. The fraction of sp³-hybridized carbons (Fsp3) is 0.500. The van der Waals surface area contributed by atoms with E-state index in [4.69, 9.17) is 5.73 Å². The molecule has 2 unspecified atom stereocenters. The van der Waals surface area contributed by atoms with E-state index >= 15 is 0 Å². The molecular formula is C12H18FNO2S. The Kier molecular flexibility index (Phi) is 4.27. The van der Waals surface area contributed by atoms with Gasteiger partial charge in [-0.15, -0.1) is 0 Å². The monoisotopic (exact) mass is 259 g/mol. The summed E-state index contributed by atoms with van der Waals surface area (Å²) in [6, 6.07) is 3.82. The zero-order valence-corrected chi connectivity index (χ0v) is 11.1. The predicted octanol–water partition coefficient (Wildman–Crippen LogP) is 1.96. The minimum atomic E-state index is -3.19. The molecule has 0 aliphatic heterocycles. The minimum Gasteiger partial charge on any atom is -0.323 e. The van der Waals surface area contributed by atoms with Crippen LogP contribution in [0.5, 0.6) is 0 Å². The Bertz CT molecular complexity index is 499. The first-order valence-corrected chi connectivity index (χ1v) is 7.24. The standard InChI is InChI=1S/C12H18FNO2S/c1-4-17(15,16)9(3)12(14)10-5-6-11(13)8(2)7-10/h5-7,9,12H,4,14H2,1-3H3. The van der Waals surface area contributed by atoms with E-state index < -0.39 is 21.1 Å². The number of benzene rings is 1. The molecule has 96 valence electrons. The predicted molar refractivity (Wildman–Crippen MR) is 67.0 cm³/mol. The van der Waals surface area contributed by atoms with Crippen molar-refractivity contribution < 1.29 is 12.8 Å². The van der Waals surface area contributed by atoms with Gasteiger partial charge in [0.25, 0.3) is 0 Å². The fourth-order valence-electron chi connectivity index (χ4n) is 1.63. The van der Waals surface area contributed by atoms with Crippen LogP contribution in [0.15, 0.2) is 18.2 Å². The van der Waals surface area contributed by atoms with E-state index in [2.05, 4.69) is 0 Å². The van der Waals surface area contributed by atoms with Gasteiger partial charge in [-0.1, -0.05) is 19.1 Å². The van der Waals surface area contributed by atoms with Crippen LogP contribution >= 0.6 is 0 Å². The topological polar surface area (TPSA) is 60.2 Å². The minimum absolute atomic E-state index is 0.0576. The Labute approximate surface area is 102 Å². The van der Waals surface area contributed by atoms with Gasteiger partial charge < -0.3 is 5.73 Å². The summed E-state index contributed by atoms with van der Waals surface area (Å²) in [5.41, 5.74) is 7.04. The average molecular weight is 259 g/mol. The normalized spacial score (nSPS) is 15.6. The van der Waals surface area contributed by atoms with E-state index in [-0.39, 0.29) is 11.6 Å². The fourth-order valence-corrected chi connectivity index (χ4v) is 2.76. The lowest BCUT2D eigenvalue weighted by atomic mass is 10.0. The lowest BCUT2D eigenvalue weighted by Crippen LogP contribution is -2.32. The van der Waals surface area contributed by atoms with Crippen molar-refractivity contribution >= 4 is 9.84 Å². The Morgan fingerprint density at radius 3 is 2.47 bits per heavy atom. The average Bonchev–Trinajstić information content (AvgIpc) is 2.30. The van der Waals surface area contributed by atoms with Gasteiger partial charge in [0.1, 0.15) is 5.82 Å². The molecule has 0 bridgehead atoms. The van der Waals surface area contributed by atoms with Crippen molar-refractivity contribution in [2.75, 3.05) is 5.75 Å². The molecule has 0 radical (unpaired) electrons. The van der Waals surface area contributed by atoms with Crippen LogP contribution in [0, 0.1) is 12.7 Å². The third kappa shape index (κ3) is 3.04. The highest BCUT2D eigenvalue weighted by Crippen LogP contribution is 2.22. The summed E-state index contributed by atoms with van der Waals surface area (Å²) in [6.45, 7) is 4.81. The molecule has 0 spiro atoms. The first kappa shape index (κ1) is 14.1. The number of nitrogens with two attached hydrogens (primary N) is 1. The van der Waals surface area contributed by atoms with Gasteiger partial charge in [-0.25, -0.2) is 12.8 Å². The molecule has 0 amide bonds. The van der Waals surface area contributed by atoms with Crippen molar-refractivity contribution in [2.24, 2.45) is 5.73 Å². The number of hydrogen-bond donors (Lipinski definition) is 1. The molecule has 0 heterocycles. The van der Waals surface area contributed by atoms with Crippen LogP contribution in [-0.4, -0.2) is 19.4 Å². The maximum absolute atomic E-state index is 13.1. The molecule has 2 atom stereocenters. The van der Waals surface area contributed by atoms with Gasteiger partial charge >= 0.3 is 0 Å². The second-order valence-electron chi connectivity index (χ2n) is 4.19. The molecular weight excluding hydrogens is 241 g/mol. The third-order valence-electron chi connectivity index (χ3n) is 3.04. The largest absolute Gasteiger partial charge is 0.323 e. The molecule has 0 saturated carbocycles. The highest BCUT2D eigenvalue weighted by molar-refractivity contribution is 7.92. The molecule has 0 aliphatic carbocycles. The number of halogens is 1. The highest BCUT2D eigenvalue weighted by atomic mass is 32.2. The summed E-state index contributed by atoms with van der Waals surface area (Å²) in [5.74, 6) is -0.255. The van der Waals surface area contributed by atoms with Gasteiger partial charge in [-0.3, -0.25) is 0 Å². The number of hydrogen-bond acceptors (Lipinski definition) is 3. The maximum Gasteiger partial charge on any atom is 0.154 e. The lowest BCUT2D eigenvalue weighted by molar-refractivity contribution is 0.565. The van der Waals surface area contributed by atoms with Crippen molar-refractivity contribution in [3.63, 3.8) is 0 Å². The van der Waals surface area contributed by atoms with Crippen LogP contribution in [0.25, 0.3) is 0 Å². The highest BCUT2D eigenvalue weighted by Gasteiger charge is 2.26. The number of rotatable bonds is 4. The summed E-state index contributed by atoms with van der Waals surface area (Å²) in [6.07, 6.45) is 0. The molecule has 0 aliphatic rings. The Morgan fingerprint density at radius 1 is 1.41 bits per heavy atom. The van der Waals surface area contributed by atoms with Crippen LogP contribution in [0.1, 0.15) is 31.0 Å². The lowest BCUT2D eigenvalue weighted by Gasteiger charge is -2.20. The molecule has 5 heteroatoms. The van der Waals surface area contributed by atoms with E-state index in [1.54, 1.807) is 26.8 Å². The van der Waals surface area contributed by atoms with Crippen molar-refractivity contribution in [2.45, 2.75) is 32.1 Å². The van der Waals surface area contributed by atoms with Gasteiger partial charge in [0, 0.05) is 11.8 Å². The smallest absolute Gasteiger partial charge is 0.154 e. The van der Waals surface area contributed by atoms with Gasteiger partial charge in [0.05, 0.1) is 5.25 Å². The van der Waals surface area contributed by atoms with E-state index in [0.29, 0.717) is 11.1 Å². The molecule has 17 heavy (non-hydrogen) atoms. The quantitative estimate of drug-likeness (QED) is 0.899. The molecule has 0 aromatic heterocycles. The summed E-state index contributed by atoms with van der Waals surface area (Å²) >= 11 is 0. The molecule has 1 aromatic carbocycles. The van der Waals surface area contributed by atoms with Crippen molar-refractivity contribution in [3.8, 4) is 0 Å². The first-order chi connectivity index (χ1) is 7.79. The molecule has 1 rings (SSSR count).